The SMILES string of the molecule is CC(C)CS(=O)(=O)Nc1ccncc1-c1ccc(C(F)(F)F)cc1. The molecule has 0 saturated carbocycles. The van der Waals surface area contributed by atoms with Crippen molar-refractivity contribution in [1.82, 2.24) is 4.98 Å². The Hall–Kier alpha value is -2.09. The van der Waals surface area contributed by atoms with Crippen LogP contribution >= 0.6 is 0 Å². The molecule has 0 bridgehead atoms. The molecule has 130 valence electrons. The van der Waals surface area contributed by atoms with Crippen molar-refractivity contribution in [2.24, 2.45) is 5.92 Å². The highest BCUT2D eigenvalue weighted by atomic mass is 32.2. The Morgan fingerprint density at radius 3 is 2.29 bits per heavy atom. The number of anilines is 1. The van der Waals surface area contributed by atoms with Crippen molar-refractivity contribution in [1.29, 1.82) is 0 Å². The predicted octanol–water partition coefficient (Wildman–Crippen LogP) is 4.17. The maximum Gasteiger partial charge on any atom is 0.416 e. The van der Waals surface area contributed by atoms with Crippen LogP contribution in [0.5, 0.6) is 0 Å². The molecule has 1 N–H and O–H groups in total. The van der Waals surface area contributed by atoms with E-state index in [2.05, 4.69) is 9.71 Å². The molecule has 0 aliphatic carbocycles. The van der Waals surface area contributed by atoms with Crippen LogP contribution in [0, 0.1) is 5.92 Å². The molecule has 0 unspecified atom stereocenters. The maximum atomic E-state index is 12.6. The van der Waals surface area contributed by atoms with Crippen LogP contribution in [0.3, 0.4) is 0 Å². The van der Waals surface area contributed by atoms with E-state index in [1.807, 2.05) is 0 Å². The number of rotatable bonds is 5. The number of sulfonamides is 1. The van der Waals surface area contributed by atoms with Crippen molar-refractivity contribution in [3.05, 3.63) is 48.3 Å². The molecule has 0 aliphatic heterocycles. The van der Waals surface area contributed by atoms with Gasteiger partial charge in [-0.1, -0.05) is 26.0 Å². The smallest absolute Gasteiger partial charge is 0.283 e. The van der Waals surface area contributed by atoms with E-state index in [9.17, 15) is 21.6 Å². The molecule has 0 fully saturated rings. The number of benzene rings is 1. The van der Waals surface area contributed by atoms with Crippen molar-refractivity contribution >= 4 is 15.7 Å². The zero-order valence-corrected chi connectivity index (χ0v) is 13.9. The first-order chi connectivity index (χ1) is 11.1. The molecule has 24 heavy (non-hydrogen) atoms. The molecular formula is C16H17F3N2O2S. The fourth-order valence-corrected chi connectivity index (χ4v) is 3.67. The van der Waals surface area contributed by atoms with E-state index in [0.29, 0.717) is 11.1 Å². The highest BCUT2D eigenvalue weighted by Crippen LogP contribution is 2.33. The van der Waals surface area contributed by atoms with Gasteiger partial charge < -0.3 is 0 Å². The van der Waals surface area contributed by atoms with Gasteiger partial charge in [0.05, 0.1) is 17.0 Å². The number of hydrogen-bond acceptors (Lipinski definition) is 3. The van der Waals surface area contributed by atoms with Gasteiger partial charge >= 0.3 is 6.18 Å². The zero-order valence-electron chi connectivity index (χ0n) is 13.1. The Kier molecular flexibility index (Phi) is 5.17. The summed E-state index contributed by atoms with van der Waals surface area (Å²) in [6.07, 6.45) is -1.59. The average molecular weight is 358 g/mol. The highest BCUT2D eigenvalue weighted by Gasteiger charge is 2.30. The van der Waals surface area contributed by atoms with Crippen LogP contribution in [0.4, 0.5) is 18.9 Å². The highest BCUT2D eigenvalue weighted by molar-refractivity contribution is 7.92. The van der Waals surface area contributed by atoms with Crippen molar-refractivity contribution in [2.75, 3.05) is 10.5 Å². The zero-order chi connectivity index (χ0) is 18.0. The van der Waals surface area contributed by atoms with Gasteiger partial charge in [0.2, 0.25) is 10.0 Å². The normalized spacial score (nSPS) is 12.4. The van der Waals surface area contributed by atoms with E-state index in [0.717, 1.165) is 12.1 Å². The lowest BCUT2D eigenvalue weighted by Crippen LogP contribution is -2.20. The first-order valence-corrected chi connectivity index (χ1v) is 8.86. The minimum absolute atomic E-state index is 0.0538. The van der Waals surface area contributed by atoms with E-state index in [1.54, 1.807) is 13.8 Å². The fourth-order valence-electron chi connectivity index (χ4n) is 2.20. The lowest BCUT2D eigenvalue weighted by molar-refractivity contribution is -0.137. The summed E-state index contributed by atoms with van der Waals surface area (Å²) in [7, 11) is -3.55. The molecule has 0 saturated heterocycles. The van der Waals surface area contributed by atoms with Crippen molar-refractivity contribution in [3.8, 4) is 11.1 Å². The van der Waals surface area contributed by atoms with Gasteiger partial charge in [0.15, 0.2) is 0 Å². The molecular weight excluding hydrogens is 341 g/mol. The molecule has 4 nitrogen and oxygen atoms in total. The largest absolute Gasteiger partial charge is 0.416 e. The lowest BCUT2D eigenvalue weighted by atomic mass is 10.0. The molecule has 0 aliphatic rings. The number of halogens is 3. The number of pyridine rings is 1. The van der Waals surface area contributed by atoms with E-state index < -0.39 is 21.8 Å². The number of nitrogens with zero attached hydrogens (tertiary/aromatic N) is 1. The first-order valence-electron chi connectivity index (χ1n) is 7.20. The van der Waals surface area contributed by atoms with Gasteiger partial charge in [0.25, 0.3) is 0 Å². The maximum absolute atomic E-state index is 12.6. The standard InChI is InChI=1S/C16H17F3N2O2S/c1-11(2)10-24(22,23)21-15-7-8-20-9-14(15)12-3-5-13(6-4-12)16(17,18)19/h3-9,11H,10H2,1-2H3,(H,20,21). The van der Waals surface area contributed by atoms with Crippen LogP contribution in [0.2, 0.25) is 0 Å². The van der Waals surface area contributed by atoms with E-state index >= 15 is 0 Å². The molecule has 1 aromatic heterocycles. The van der Waals surface area contributed by atoms with Crippen LogP contribution in [-0.4, -0.2) is 19.2 Å². The summed E-state index contributed by atoms with van der Waals surface area (Å²) in [6, 6.07) is 5.97. The molecule has 0 atom stereocenters. The van der Waals surface area contributed by atoms with Gasteiger partial charge in [-0.2, -0.15) is 13.2 Å². The van der Waals surface area contributed by atoms with E-state index in [4.69, 9.17) is 0 Å². The molecule has 2 aromatic rings. The second kappa shape index (κ2) is 6.80. The van der Waals surface area contributed by atoms with Crippen LogP contribution in [-0.2, 0) is 16.2 Å². The summed E-state index contributed by atoms with van der Waals surface area (Å²) >= 11 is 0. The van der Waals surface area contributed by atoms with Gasteiger partial charge in [-0.15, -0.1) is 0 Å². The van der Waals surface area contributed by atoms with Gasteiger partial charge in [-0.05, 0) is 29.7 Å². The lowest BCUT2D eigenvalue weighted by Gasteiger charge is -2.14. The van der Waals surface area contributed by atoms with Gasteiger partial charge in [0.1, 0.15) is 0 Å². The van der Waals surface area contributed by atoms with E-state index in [-0.39, 0.29) is 17.4 Å². The van der Waals surface area contributed by atoms with Gasteiger partial charge in [-0.25, -0.2) is 8.42 Å². The second-order valence-electron chi connectivity index (χ2n) is 5.77. The first kappa shape index (κ1) is 18.3. The third kappa shape index (κ3) is 4.70. The van der Waals surface area contributed by atoms with E-state index in [1.165, 1.54) is 30.6 Å². The molecule has 0 radical (unpaired) electrons. The Labute approximate surface area is 138 Å². The average Bonchev–Trinajstić information content (AvgIpc) is 2.45. The third-order valence-electron chi connectivity index (χ3n) is 3.16. The van der Waals surface area contributed by atoms with Gasteiger partial charge in [0, 0.05) is 18.0 Å². The fraction of sp³-hybridized carbons (Fsp3) is 0.312. The summed E-state index contributed by atoms with van der Waals surface area (Å²) in [6.45, 7) is 3.56. The summed E-state index contributed by atoms with van der Waals surface area (Å²) in [5, 5.41) is 0. The minimum Gasteiger partial charge on any atom is -0.283 e. The molecule has 2 rings (SSSR count). The summed E-state index contributed by atoms with van der Waals surface area (Å²) in [4.78, 5) is 3.93. The topological polar surface area (TPSA) is 59.1 Å². The number of alkyl halides is 3. The summed E-state index contributed by atoms with van der Waals surface area (Å²) < 4.78 is 64.6. The third-order valence-corrected chi connectivity index (χ3v) is 4.80. The summed E-state index contributed by atoms with van der Waals surface area (Å²) in [5.74, 6) is -0.110. The van der Waals surface area contributed by atoms with Crippen LogP contribution in [0.1, 0.15) is 19.4 Å². The van der Waals surface area contributed by atoms with Crippen LogP contribution in [0.15, 0.2) is 42.7 Å². The number of aromatic nitrogens is 1. The quantitative estimate of drug-likeness (QED) is 0.873. The Morgan fingerprint density at radius 2 is 1.75 bits per heavy atom. The summed E-state index contributed by atoms with van der Waals surface area (Å²) in [5.41, 5.74) is 0.374. The Balaban J connectivity index is 2.36. The molecule has 1 heterocycles. The molecule has 0 spiro atoms. The number of nitrogens with one attached hydrogen (secondary N) is 1. The predicted molar refractivity (Wildman–Crippen MR) is 86.9 cm³/mol. The second-order valence-corrected chi connectivity index (χ2v) is 7.54. The molecule has 8 heteroatoms. The Bertz CT molecular complexity index is 801. The van der Waals surface area contributed by atoms with Crippen LogP contribution < -0.4 is 4.72 Å². The monoisotopic (exact) mass is 358 g/mol. The number of hydrogen-bond donors (Lipinski definition) is 1. The van der Waals surface area contributed by atoms with Crippen LogP contribution in [0.25, 0.3) is 11.1 Å². The van der Waals surface area contributed by atoms with Crippen molar-refractivity contribution < 1.29 is 21.6 Å². The van der Waals surface area contributed by atoms with Gasteiger partial charge in [-0.3, -0.25) is 9.71 Å². The van der Waals surface area contributed by atoms with Crippen molar-refractivity contribution in [2.45, 2.75) is 20.0 Å². The van der Waals surface area contributed by atoms with Crippen molar-refractivity contribution in [3.63, 3.8) is 0 Å². The molecule has 0 amide bonds. The Morgan fingerprint density at radius 1 is 1.12 bits per heavy atom. The molecule has 1 aromatic carbocycles. The minimum atomic E-state index is -4.42.